The number of benzene rings is 1. The Morgan fingerprint density at radius 3 is 2.46 bits per heavy atom. The Labute approximate surface area is 185 Å². The number of piperidine rings is 1. The summed E-state index contributed by atoms with van der Waals surface area (Å²) in [5.74, 6) is 0.738. The molecule has 0 spiro atoms. The summed E-state index contributed by atoms with van der Waals surface area (Å²) in [5.41, 5.74) is 7.41. The lowest BCUT2D eigenvalue weighted by Gasteiger charge is -2.32. The Morgan fingerprint density at radius 2 is 1.86 bits per heavy atom. The molecule has 0 amide bonds. The van der Waals surface area contributed by atoms with Crippen molar-refractivity contribution in [3.63, 3.8) is 0 Å². The first kappa shape index (κ1) is 23.4. The van der Waals surface area contributed by atoms with Gasteiger partial charge in [0.15, 0.2) is 5.96 Å². The highest BCUT2D eigenvalue weighted by Gasteiger charge is 2.28. The van der Waals surface area contributed by atoms with Gasteiger partial charge in [-0.2, -0.15) is 0 Å². The molecule has 0 bridgehead atoms. The van der Waals surface area contributed by atoms with Gasteiger partial charge in [0.05, 0.1) is 6.26 Å². The molecule has 3 N–H and O–H groups in total. The second-order valence-corrected chi connectivity index (χ2v) is 9.66. The summed E-state index contributed by atoms with van der Waals surface area (Å²) < 4.78 is 24.7. The molecule has 2 aliphatic heterocycles. The molecule has 2 saturated heterocycles. The number of guanidine groups is 1. The number of rotatable bonds is 6. The normalized spacial score (nSPS) is 22.8. The first-order valence-corrected chi connectivity index (χ1v) is 11.5. The maximum atomic E-state index is 11.6. The third kappa shape index (κ3) is 7.16. The molecule has 2 aliphatic rings. The lowest BCUT2D eigenvalue weighted by molar-refractivity contribution is 0.199. The molecular weight excluding hydrogens is 489 g/mol. The van der Waals surface area contributed by atoms with Gasteiger partial charge in [-0.3, -0.25) is 9.89 Å². The summed E-state index contributed by atoms with van der Waals surface area (Å²) in [7, 11) is -3.09. The molecule has 9 heteroatoms. The van der Waals surface area contributed by atoms with Gasteiger partial charge >= 0.3 is 0 Å². The Hall–Kier alpha value is -0.910. The second kappa shape index (κ2) is 10.7. The van der Waals surface area contributed by atoms with Crippen molar-refractivity contribution >= 4 is 40.0 Å². The van der Waals surface area contributed by atoms with E-state index in [-0.39, 0.29) is 29.9 Å². The minimum atomic E-state index is -3.09. The Bertz CT molecular complexity index is 736. The average molecular weight is 521 g/mol. The van der Waals surface area contributed by atoms with Gasteiger partial charge in [-0.15, -0.1) is 24.0 Å². The molecular formula is C19H32IN5O2S. The van der Waals surface area contributed by atoms with Crippen LogP contribution >= 0.6 is 24.0 Å². The van der Waals surface area contributed by atoms with Gasteiger partial charge in [-0.05, 0) is 30.7 Å². The highest BCUT2D eigenvalue weighted by molar-refractivity contribution is 14.0. The van der Waals surface area contributed by atoms with Crippen LogP contribution in [-0.4, -0.2) is 68.6 Å². The van der Waals surface area contributed by atoms with E-state index >= 15 is 0 Å². The third-order valence-corrected chi connectivity index (χ3v) is 6.70. The zero-order valence-corrected chi connectivity index (χ0v) is 19.6. The van der Waals surface area contributed by atoms with Gasteiger partial charge in [-0.25, -0.2) is 12.7 Å². The lowest BCUT2D eigenvalue weighted by atomic mass is 10.0. The summed E-state index contributed by atoms with van der Waals surface area (Å²) in [6.45, 7) is 4.81. The molecule has 158 valence electrons. The highest BCUT2D eigenvalue weighted by atomic mass is 127. The van der Waals surface area contributed by atoms with E-state index in [2.05, 4.69) is 39.5 Å². The van der Waals surface area contributed by atoms with Crippen molar-refractivity contribution in [3.8, 4) is 0 Å². The van der Waals surface area contributed by atoms with Gasteiger partial charge in [0.25, 0.3) is 0 Å². The summed E-state index contributed by atoms with van der Waals surface area (Å²) in [6.07, 6.45) is 4.21. The fourth-order valence-electron chi connectivity index (χ4n) is 3.81. The van der Waals surface area contributed by atoms with Crippen LogP contribution in [0, 0.1) is 5.92 Å². The van der Waals surface area contributed by atoms with Crippen LogP contribution in [0.4, 0.5) is 0 Å². The van der Waals surface area contributed by atoms with E-state index in [0.29, 0.717) is 31.6 Å². The van der Waals surface area contributed by atoms with Crippen LogP contribution in [0.25, 0.3) is 0 Å². The number of hydrogen-bond acceptors (Lipinski definition) is 4. The maximum Gasteiger partial charge on any atom is 0.211 e. The van der Waals surface area contributed by atoms with Gasteiger partial charge < -0.3 is 11.1 Å². The summed E-state index contributed by atoms with van der Waals surface area (Å²) >= 11 is 0. The number of hydrogen-bond donors (Lipinski definition) is 2. The first-order chi connectivity index (χ1) is 12.9. The number of nitrogens with one attached hydrogen (secondary N) is 1. The molecule has 1 aromatic rings. The van der Waals surface area contributed by atoms with Crippen LogP contribution in [0.5, 0.6) is 0 Å². The molecule has 0 saturated carbocycles. The molecule has 3 rings (SSSR count). The molecule has 0 radical (unpaired) electrons. The van der Waals surface area contributed by atoms with Gasteiger partial charge in [0, 0.05) is 45.3 Å². The Balaban J connectivity index is 0.00000280. The smallest absolute Gasteiger partial charge is 0.211 e. The monoisotopic (exact) mass is 521 g/mol. The Morgan fingerprint density at radius 1 is 1.18 bits per heavy atom. The molecule has 0 aliphatic carbocycles. The van der Waals surface area contributed by atoms with Gasteiger partial charge in [-0.1, -0.05) is 30.3 Å². The number of halogens is 1. The Kier molecular flexibility index (Phi) is 8.97. The summed E-state index contributed by atoms with van der Waals surface area (Å²) in [4.78, 5) is 6.92. The first-order valence-electron chi connectivity index (χ1n) is 9.68. The number of nitrogens with zero attached hydrogens (tertiary/aromatic N) is 3. The van der Waals surface area contributed by atoms with E-state index in [0.717, 1.165) is 38.9 Å². The topological polar surface area (TPSA) is 91.0 Å². The molecule has 0 aromatic heterocycles. The zero-order chi connectivity index (χ0) is 19.3. The van der Waals surface area contributed by atoms with E-state index in [1.165, 1.54) is 16.1 Å². The van der Waals surface area contributed by atoms with Crippen molar-refractivity contribution < 1.29 is 8.42 Å². The minimum Gasteiger partial charge on any atom is -0.370 e. The predicted octanol–water partition coefficient (Wildman–Crippen LogP) is 1.45. The van der Waals surface area contributed by atoms with Crippen molar-refractivity contribution in [2.75, 3.05) is 39.0 Å². The van der Waals surface area contributed by atoms with E-state index in [1.807, 2.05) is 6.07 Å². The summed E-state index contributed by atoms with van der Waals surface area (Å²) in [5, 5.41) is 3.34. The van der Waals surface area contributed by atoms with Crippen LogP contribution in [-0.2, 0) is 16.6 Å². The molecule has 2 heterocycles. The fourth-order valence-corrected chi connectivity index (χ4v) is 4.73. The van der Waals surface area contributed by atoms with Crippen molar-refractivity contribution in [1.82, 2.24) is 14.5 Å². The molecule has 1 aromatic carbocycles. The summed E-state index contributed by atoms with van der Waals surface area (Å²) in [6, 6.07) is 10.9. The quantitative estimate of drug-likeness (QED) is 0.336. The van der Waals surface area contributed by atoms with Crippen LogP contribution < -0.4 is 11.1 Å². The molecule has 1 unspecified atom stereocenters. The second-order valence-electron chi connectivity index (χ2n) is 7.68. The van der Waals surface area contributed by atoms with Crippen LogP contribution in [0.2, 0.25) is 0 Å². The van der Waals surface area contributed by atoms with Gasteiger partial charge in [0.2, 0.25) is 10.0 Å². The lowest BCUT2D eigenvalue weighted by Crippen LogP contribution is -2.47. The SMILES string of the molecule is CS(=O)(=O)N1CCC(CN=C(N)NC2CCN(Cc3ccccc3)CC2)C1.I. The zero-order valence-electron chi connectivity index (χ0n) is 16.5. The van der Waals surface area contributed by atoms with Crippen LogP contribution in [0.1, 0.15) is 24.8 Å². The number of sulfonamides is 1. The van der Waals surface area contributed by atoms with Crippen LogP contribution in [0.3, 0.4) is 0 Å². The highest BCUT2D eigenvalue weighted by Crippen LogP contribution is 2.19. The molecule has 2 fully saturated rings. The molecule has 7 nitrogen and oxygen atoms in total. The van der Waals surface area contributed by atoms with Crippen molar-refractivity contribution in [1.29, 1.82) is 0 Å². The standard InChI is InChI=1S/C19H31N5O2S.HI/c1-27(25,26)24-12-7-17(15-24)13-21-19(20)22-18-8-10-23(11-9-18)14-16-5-3-2-4-6-16;/h2-6,17-18H,7-15H2,1H3,(H3,20,21,22);1H. The van der Waals surface area contributed by atoms with Crippen molar-refractivity contribution in [3.05, 3.63) is 35.9 Å². The predicted molar refractivity (Wildman–Crippen MR) is 124 cm³/mol. The number of likely N-dealkylation sites (tertiary alicyclic amines) is 1. The number of nitrogens with two attached hydrogens (primary N) is 1. The van der Waals surface area contributed by atoms with E-state index in [1.54, 1.807) is 0 Å². The maximum absolute atomic E-state index is 11.6. The largest absolute Gasteiger partial charge is 0.370 e. The van der Waals surface area contributed by atoms with E-state index in [9.17, 15) is 8.42 Å². The fraction of sp³-hybridized carbons (Fsp3) is 0.632. The average Bonchev–Trinajstić information content (AvgIpc) is 3.12. The van der Waals surface area contributed by atoms with Crippen molar-refractivity contribution in [2.45, 2.75) is 31.8 Å². The number of aliphatic imine (C=N–C) groups is 1. The molecule has 1 atom stereocenters. The minimum absolute atomic E-state index is 0. The van der Waals surface area contributed by atoms with Gasteiger partial charge in [0.1, 0.15) is 0 Å². The third-order valence-electron chi connectivity index (χ3n) is 5.43. The van der Waals surface area contributed by atoms with E-state index in [4.69, 9.17) is 5.73 Å². The van der Waals surface area contributed by atoms with Crippen LogP contribution in [0.15, 0.2) is 35.3 Å². The van der Waals surface area contributed by atoms with Crippen molar-refractivity contribution in [2.24, 2.45) is 16.6 Å². The van der Waals surface area contributed by atoms with E-state index < -0.39 is 10.0 Å². The molecule has 28 heavy (non-hydrogen) atoms.